The van der Waals surface area contributed by atoms with E-state index in [0.29, 0.717) is 5.56 Å². The van der Waals surface area contributed by atoms with E-state index >= 15 is 0 Å². The Kier molecular flexibility index (Phi) is 3.29. The Morgan fingerprint density at radius 2 is 2.05 bits per heavy atom. The number of benzene rings is 1. The van der Waals surface area contributed by atoms with Crippen LogP contribution in [0.2, 0.25) is 0 Å². The van der Waals surface area contributed by atoms with Gasteiger partial charge in [-0.3, -0.25) is 4.79 Å². The summed E-state index contributed by atoms with van der Waals surface area (Å²) in [7, 11) is 0. The first kappa shape index (κ1) is 14.4. The molecule has 3 rings (SSSR count). The van der Waals surface area contributed by atoms with Gasteiger partial charge in [0.2, 0.25) is 0 Å². The Hall–Kier alpha value is -2.54. The predicted octanol–water partition coefficient (Wildman–Crippen LogP) is 3.12. The van der Waals surface area contributed by atoms with Crippen molar-refractivity contribution < 1.29 is 4.74 Å². The first-order valence-electron chi connectivity index (χ1n) is 7.34. The van der Waals surface area contributed by atoms with Gasteiger partial charge in [0.25, 0.3) is 5.56 Å². The molecule has 1 aromatic heterocycles. The maximum absolute atomic E-state index is 12.3. The summed E-state index contributed by atoms with van der Waals surface area (Å²) >= 11 is 0. The number of hydrogen-bond acceptors (Lipinski definition) is 3. The van der Waals surface area contributed by atoms with Gasteiger partial charge < -0.3 is 9.30 Å². The van der Waals surface area contributed by atoms with E-state index in [1.165, 1.54) is 0 Å². The summed E-state index contributed by atoms with van der Waals surface area (Å²) in [5, 5.41) is 9.16. The van der Waals surface area contributed by atoms with Crippen LogP contribution in [0.3, 0.4) is 0 Å². The number of nitriles is 1. The standard InChI is InChI=1S/C18H18N2O2/c1-12-17(20-9-5-4-6-16(20)21)14-10-13(11-19)7-8-15(14)22-18(12,2)3/h4-10,12,17H,1-3H3/t12-,17-/m0/s1. The molecule has 2 aromatic rings. The van der Waals surface area contributed by atoms with Crippen LogP contribution in [0.15, 0.2) is 47.4 Å². The molecule has 0 saturated heterocycles. The molecule has 0 amide bonds. The fourth-order valence-electron chi connectivity index (χ4n) is 3.03. The minimum Gasteiger partial charge on any atom is -0.487 e. The molecule has 0 unspecified atom stereocenters. The van der Waals surface area contributed by atoms with Gasteiger partial charge in [0.15, 0.2) is 0 Å². The molecule has 4 nitrogen and oxygen atoms in total. The number of aromatic nitrogens is 1. The summed E-state index contributed by atoms with van der Waals surface area (Å²) in [6, 6.07) is 12.5. The maximum Gasteiger partial charge on any atom is 0.251 e. The van der Waals surface area contributed by atoms with Gasteiger partial charge in [-0.25, -0.2) is 0 Å². The van der Waals surface area contributed by atoms with Crippen molar-refractivity contribution in [1.29, 1.82) is 5.26 Å². The Balaban J connectivity index is 2.26. The lowest BCUT2D eigenvalue weighted by Gasteiger charge is -2.44. The van der Waals surface area contributed by atoms with Crippen LogP contribution >= 0.6 is 0 Å². The second-order valence-electron chi connectivity index (χ2n) is 6.25. The van der Waals surface area contributed by atoms with Crippen molar-refractivity contribution >= 4 is 0 Å². The van der Waals surface area contributed by atoms with Crippen LogP contribution in [0.25, 0.3) is 0 Å². The van der Waals surface area contributed by atoms with Gasteiger partial charge in [0, 0.05) is 23.7 Å². The van der Waals surface area contributed by atoms with Crippen molar-refractivity contribution in [2.45, 2.75) is 32.4 Å². The molecule has 0 N–H and O–H groups in total. The lowest BCUT2D eigenvalue weighted by atomic mass is 9.79. The highest BCUT2D eigenvalue weighted by Gasteiger charge is 2.42. The minimum absolute atomic E-state index is 0.0506. The number of pyridine rings is 1. The molecule has 1 aromatic carbocycles. The van der Waals surface area contributed by atoms with E-state index in [1.54, 1.807) is 29.0 Å². The van der Waals surface area contributed by atoms with Gasteiger partial charge in [0.05, 0.1) is 17.7 Å². The van der Waals surface area contributed by atoms with E-state index in [9.17, 15) is 4.79 Å². The molecule has 2 heterocycles. The van der Waals surface area contributed by atoms with E-state index in [4.69, 9.17) is 10.00 Å². The Labute approximate surface area is 129 Å². The van der Waals surface area contributed by atoms with Gasteiger partial charge in [-0.1, -0.05) is 13.0 Å². The summed E-state index contributed by atoms with van der Waals surface area (Å²) in [5.74, 6) is 0.817. The lowest BCUT2D eigenvalue weighted by Crippen LogP contribution is -2.46. The molecule has 22 heavy (non-hydrogen) atoms. The van der Waals surface area contributed by atoms with E-state index in [-0.39, 0.29) is 17.5 Å². The summed E-state index contributed by atoms with van der Waals surface area (Å²) in [5.41, 5.74) is 1.01. The van der Waals surface area contributed by atoms with Crippen LogP contribution in [0, 0.1) is 17.2 Å². The molecule has 1 aliphatic heterocycles. The quantitative estimate of drug-likeness (QED) is 0.812. The largest absolute Gasteiger partial charge is 0.487 e. The Morgan fingerprint density at radius 3 is 2.73 bits per heavy atom. The zero-order valence-electron chi connectivity index (χ0n) is 12.9. The second kappa shape index (κ2) is 5.03. The fourth-order valence-corrected chi connectivity index (χ4v) is 3.03. The van der Waals surface area contributed by atoms with Crippen molar-refractivity contribution in [3.05, 3.63) is 64.1 Å². The van der Waals surface area contributed by atoms with Crippen LogP contribution in [0.5, 0.6) is 5.75 Å². The van der Waals surface area contributed by atoms with Crippen LogP contribution in [0.1, 0.15) is 37.9 Å². The molecule has 2 atom stereocenters. The summed E-state index contributed by atoms with van der Waals surface area (Å²) in [4.78, 5) is 12.3. The average Bonchev–Trinajstić information content (AvgIpc) is 2.49. The van der Waals surface area contributed by atoms with Gasteiger partial charge in [-0.05, 0) is 38.1 Å². The summed E-state index contributed by atoms with van der Waals surface area (Å²) in [6.07, 6.45) is 1.80. The van der Waals surface area contributed by atoms with Gasteiger partial charge in [-0.2, -0.15) is 5.26 Å². The molecular weight excluding hydrogens is 276 g/mol. The molecule has 0 bridgehead atoms. The molecule has 0 fully saturated rings. The molecule has 1 aliphatic rings. The Morgan fingerprint density at radius 1 is 1.27 bits per heavy atom. The van der Waals surface area contributed by atoms with Gasteiger partial charge >= 0.3 is 0 Å². The van der Waals surface area contributed by atoms with Crippen molar-refractivity contribution in [1.82, 2.24) is 4.57 Å². The topological polar surface area (TPSA) is 55.0 Å². The van der Waals surface area contributed by atoms with E-state index in [2.05, 4.69) is 13.0 Å². The van der Waals surface area contributed by atoms with E-state index in [0.717, 1.165) is 11.3 Å². The minimum atomic E-state index is -0.402. The number of nitrogens with zero attached hydrogens (tertiary/aromatic N) is 2. The van der Waals surface area contributed by atoms with Crippen LogP contribution < -0.4 is 10.3 Å². The highest BCUT2D eigenvalue weighted by Crippen LogP contribution is 2.45. The number of rotatable bonds is 1. The Bertz CT molecular complexity index is 814. The predicted molar refractivity (Wildman–Crippen MR) is 83.9 cm³/mol. The van der Waals surface area contributed by atoms with Crippen molar-refractivity contribution in [3.8, 4) is 11.8 Å². The second-order valence-corrected chi connectivity index (χ2v) is 6.25. The lowest BCUT2D eigenvalue weighted by molar-refractivity contribution is 0.0123. The number of ether oxygens (including phenoxy) is 1. The highest BCUT2D eigenvalue weighted by atomic mass is 16.5. The molecule has 0 saturated carbocycles. The molecule has 112 valence electrons. The van der Waals surface area contributed by atoms with Gasteiger partial charge in [-0.15, -0.1) is 0 Å². The van der Waals surface area contributed by atoms with Crippen LogP contribution in [-0.2, 0) is 0 Å². The third-order valence-corrected chi connectivity index (χ3v) is 4.55. The van der Waals surface area contributed by atoms with Crippen molar-refractivity contribution in [3.63, 3.8) is 0 Å². The number of hydrogen-bond donors (Lipinski definition) is 0. The first-order valence-corrected chi connectivity index (χ1v) is 7.34. The normalized spacial score (nSPS) is 22.3. The SMILES string of the molecule is C[C@H]1[C@H](n2ccccc2=O)c2cc(C#N)ccc2OC1(C)C. The molecule has 0 spiro atoms. The molecular formula is C18H18N2O2. The fraction of sp³-hybridized carbons (Fsp3) is 0.333. The van der Waals surface area contributed by atoms with Gasteiger partial charge in [0.1, 0.15) is 11.4 Å². The average molecular weight is 294 g/mol. The van der Waals surface area contributed by atoms with E-state index < -0.39 is 5.60 Å². The smallest absolute Gasteiger partial charge is 0.251 e. The highest BCUT2D eigenvalue weighted by molar-refractivity contribution is 5.46. The zero-order chi connectivity index (χ0) is 15.9. The van der Waals surface area contributed by atoms with Crippen molar-refractivity contribution in [2.75, 3.05) is 0 Å². The maximum atomic E-state index is 12.3. The molecule has 4 heteroatoms. The summed E-state index contributed by atoms with van der Waals surface area (Å²) in [6.45, 7) is 6.13. The number of fused-ring (bicyclic) bond motifs is 1. The zero-order valence-corrected chi connectivity index (χ0v) is 12.9. The first-order chi connectivity index (χ1) is 10.4. The third kappa shape index (κ3) is 2.19. The van der Waals surface area contributed by atoms with Crippen LogP contribution in [0.4, 0.5) is 0 Å². The third-order valence-electron chi connectivity index (χ3n) is 4.55. The van der Waals surface area contributed by atoms with E-state index in [1.807, 2.05) is 32.0 Å². The molecule has 0 radical (unpaired) electrons. The van der Waals surface area contributed by atoms with Crippen LogP contribution in [-0.4, -0.2) is 10.2 Å². The molecule has 0 aliphatic carbocycles. The summed E-state index contributed by atoms with van der Waals surface area (Å²) < 4.78 is 7.83. The van der Waals surface area contributed by atoms with Crippen molar-refractivity contribution in [2.24, 2.45) is 5.92 Å². The monoisotopic (exact) mass is 294 g/mol.